The third-order valence-corrected chi connectivity index (χ3v) is 4.81. The molecule has 1 heterocycles. The van der Waals surface area contributed by atoms with Crippen LogP contribution in [0, 0.1) is 10.1 Å². The molecule has 3 rings (SSSR count). The van der Waals surface area contributed by atoms with Crippen LogP contribution >= 0.6 is 0 Å². The number of nitro benzene ring substituents is 1. The van der Waals surface area contributed by atoms with E-state index in [0.29, 0.717) is 0 Å². The molecule has 0 fully saturated rings. The molecule has 0 saturated heterocycles. The van der Waals surface area contributed by atoms with Crippen molar-refractivity contribution in [2.75, 3.05) is 24.2 Å². The number of carbonyl (C=O) groups is 2. The zero-order chi connectivity index (χ0) is 22.8. The lowest BCUT2D eigenvalue weighted by Gasteiger charge is -2.19. The maximum Gasteiger partial charge on any atom is 0.346 e. The van der Waals surface area contributed by atoms with Gasteiger partial charge in [0.2, 0.25) is 15.8 Å². The summed E-state index contributed by atoms with van der Waals surface area (Å²) in [6.07, 6.45) is -0.265. The molecule has 11 nitrogen and oxygen atoms in total. The molecule has 2 aromatic rings. The Labute approximate surface area is 177 Å². The van der Waals surface area contributed by atoms with Crippen LogP contribution in [0.4, 0.5) is 11.4 Å². The molecule has 12 heteroatoms. The second-order valence-electron chi connectivity index (χ2n) is 6.63. The van der Waals surface area contributed by atoms with Crippen molar-refractivity contribution in [3.63, 3.8) is 0 Å². The summed E-state index contributed by atoms with van der Waals surface area (Å²) in [5.41, 5.74) is -0.488. The van der Waals surface area contributed by atoms with Crippen molar-refractivity contribution in [1.82, 2.24) is 0 Å². The second-order valence-corrected chi connectivity index (χ2v) is 8.38. The number of carbonyl (C=O) groups excluding carboxylic acids is 2. The van der Waals surface area contributed by atoms with Gasteiger partial charge in [-0.25, -0.2) is 13.2 Å². The molecule has 1 aliphatic heterocycles. The minimum absolute atomic E-state index is 0.140. The van der Waals surface area contributed by atoms with Crippen molar-refractivity contribution in [2.45, 2.75) is 13.0 Å². The molecular formula is C19H18N2O9S. The molecule has 1 N–H and O–H groups in total. The summed E-state index contributed by atoms with van der Waals surface area (Å²) in [5, 5.41) is 11.4. The molecule has 0 saturated carbocycles. The summed E-state index contributed by atoms with van der Waals surface area (Å²) in [5.74, 6) is -1.34. The highest BCUT2D eigenvalue weighted by atomic mass is 32.2. The molecule has 1 aliphatic rings. The van der Waals surface area contributed by atoms with Gasteiger partial charge in [-0.3, -0.25) is 19.6 Å². The molecule has 1 unspecified atom stereocenters. The first-order valence-electron chi connectivity index (χ1n) is 8.96. The van der Waals surface area contributed by atoms with Crippen LogP contribution in [-0.2, 0) is 14.8 Å². The van der Waals surface area contributed by atoms with E-state index in [2.05, 4.69) is 4.72 Å². The molecule has 31 heavy (non-hydrogen) atoms. The first-order chi connectivity index (χ1) is 14.5. The van der Waals surface area contributed by atoms with Crippen LogP contribution in [-0.4, -0.2) is 50.7 Å². The van der Waals surface area contributed by atoms with E-state index in [1.54, 1.807) is 0 Å². The van der Waals surface area contributed by atoms with Gasteiger partial charge in [-0.2, -0.15) is 0 Å². The fourth-order valence-electron chi connectivity index (χ4n) is 2.82. The normalized spacial score (nSPS) is 13.7. The largest absolute Gasteiger partial charge is 0.486 e. The lowest BCUT2D eigenvalue weighted by molar-refractivity contribution is -0.385. The number of Topliss-reactive ketones (excluding diaryl/α,β-unsaturated/α-hetero) is 1. The highest BCUT2D eigenvalue weighted by Crippen LogP contribution is 2.37. The van der Waals surface area contributed by atoms with Crippen LogP contribution in [0.15, 0.2) is 36.4 Å². The number of nitro groups is 1. The third kappa shape index (κ3) is 5.28. The SMILES string of the molecule is CC(OC(=O)c1cc2c(cc1[N+](=O)[O-])OCCO2)C(=O)c1ccc(NS(C)(=O)=O)cc1. The average molecular weight is 450 g/mol. The lowest BCUT2D eigenvalue weighted by Crippen LogP contribution is -2.25. The van der Waals surface area contributed by atoms with Gasteiger partial charge in [0.15, 0.2) is 17.6 Å². The van der Waals surface area contributed by atoms with Gasteiger partial charge in [-0.15, -0.1) is 0 Å². The van der Waals surface area contributed by atoms with Crippen LogP contribution in [0.25, 0.3) is 0 Å². The summed E-state index contributed by atoms with van der Waals surface area (Å²) < 4.78 is 40.5. The van der Waals surface area contributed by atoms with Crippen molar-refractivity contribution < 1.29 is 37.1 Å². The molecule has 1 atom stereocenters. The van der Waals surface area contributed by atoms with Gasteiger partial charge in [0, 0.05) is 17.3 Å². The van der Waals surface area contributed by atoms with E-state index in [1.807, 2.05) is 0 Å². The van der Waals surface area contributed by atoms with E-state index in [0.717, 1.165) is 18.4 Å². The van der Waals surface area contributed by atoms with E-state index in [4.69, 9.17) is 14.2 Å². The Kier molecular flexibility index (Phi) is 6.11. The number of ether oxygens (including phenoxy) is 3. The minimum atomic E-state index is -3.47. The molecule has 0 bridgehead atoms. The Bertz CT molecular complexity index is 1140. The zero-order valence-corrected chi connectivity index (χ0v) is 17.3. The van der Waals surface area contributed by atoms with E-state index < -0.39 is 38.5 Å². The van der Waals surface area contributed by atoms with Gasteiger partial charge in [0.25, 0.3) is 5.69 Å². The first kappa shape index (κ1) is 22.0. The van der Waals surface area contributed by atoms with Crippen LogP contribution in [0.5, 0.6) is 11.5 Å². The molecule has 164 valence electrons. The topological polar surface area (TPSA) is 151 Å². The maximum absolute atomic E-state index is 12.6. The summed E-state index contributed by atoms with van der Waals surface area (Å²) in [4.78, 5) is 35.7. The monoisotopic (exact) mass is 450 g/mol. The lowest BCUT2D eigenvalue weighted by atomic mass is 10.1. The number of esters is 1. The predicted molar refractivity (Wildman–Crippen MR) is 108 cm³/mol. The number of sulfonamides is 1. The number of nitrogens with one attached hydrogen (secondary N) is 1. The number of hydrogen-bond donors (Lipinski definition) is 1. The molecule has 0 radical (unpaired) electrons. The fourth-order valence-corrected chi connectivity index (χ4v) is 3.39. The van der Waals surface area contributed by atoms with Crippen molar-refractivity contribution in [2.24, 2.45) is 0 Å². The first-order valence-corrected chi connectivity index (χ1v) is 10.9. The van der Waals surface area contributed by atoms with Gasteiger partial charge >= 0.3 is 5.97 Å². The van der Waals surface area contributed by atoms with Gasteiger partial charge < -0.3 is 14.2 Å². The number of hydrogen-bond acceptors (Lipinski definition) is 9. The molecule has 0 spiro atoms. The fraction of sp³-hybridized carbons (Fsp3) is 0.263. The maximum atomic E-state index is 12.6. The summed E-state index contributed by atoms with van der Waals surface area (Å²) in [6.45, 7) is 1.77. The van der Waals surface area contributed by atoms with Crippen LogP contribution in [0.2, 0.25) is 0 Å². The molecule has 0 aliphatic carbocycles. The van der Waals surface area contributed by atoms with E-state index in [1.165, 1.54) is 31.2 Å². The quantitative estimate of drug-likeness (QED) is 0.289. The summed E-state index contributed by atoms with van der Waals surface area (Å²) in [7, 11) is -3.47. The summed E-state index contributed by atoms with van der Waals surface area (Å²) >= 11 is 0. The van der Waals surface area contributed by atoms with Crippen LogP contribution < -0.4 is 14.2 Å². The van der Waals surface area contributed by atoms with E-state index in [9.17, 15) is 28.1 Å². The highest BCUT2D eigenvalue weighted by Gasteiger charge is 2.29. The highest BCUT2D eigenvalue weighted by molar-refractivity contribution is 7.92. The van der Waals surface area contributed by atoms with E-state index >= 15 is 0 Å². The molecule has 0 amide bonds. The Hall–Kier alpha value is -3.67. The number of fused-ring (bicyclic) bond motifs is 1. The number of rotatable bonds is 7. The number of nitrogens with zero attached hydrogens (tertiary/aromatic N) is 1. The van der Waals surface area contributed by atoms with Crippen molar-refractivity contribution >= 4 is 33.2 Å². The van der Waals surface area contributed by atoms with Crippen LogP contribution in [0.1, 0.15) is 27.6 Å². The Balaban J connectivity index is 1.77. The number of benzene rings is 2. The number of ketones is 1. The van der Waals surface area contributed by atoms with Gasteiger partial charge in [-0.05, 0) is 31.2 Å². The van der Waals surface area contributed by atoms with Gasteiger partial charge in [0.05, 0.1) is 17.2 Å². The molecule has 2 aromatic carbocycles. The Morgan fingerprint density at radius 2 is 1.71 bits per heavy atom. The smallest absolute Gasteiger partial charge is 0.346 e. The molecular weight excluding hydrogens is 432 g/mol. The second kappa shape index (κ2) is 8.60. The third-order valence-electron chi connectivity index (χ3n) is 4.20. The van der Waals surface area contributed by atoms with Crippen molar-refractivity contribution in [3.05, 3.63) is 57.6 Å². The van der Waals surface area contributed by atoms with E-state index in [-0.39, 0.29) is 41.5 Å². The average Bonchev–Trinajstić information content (AvgIpc) is 2.71. The Morgan fingerprint density at radius 1 is 1.13 bits per heavy atom. The van der Waals surface area contributed by atoms with Crippen molar-refractivity contribution in [3.8, 4) is 11.5 Å². The van der Waals surface area contributed by atoms with Crippen LogP contribution in [0.3, 0.4) is 0 Å². The number of anilines is 1. The standard InChI is InChI=1S/C19H18N2O9S/c1-11(18(22)12-3-5-13(6-4-12)20-31(2,26)27)30-19(23)14-9-16-17(29-8-7-28-16)10-15(14)21(24)25/h3-6,9-11,20H,7-8H2,1-2H3. The Morgan fingerprint density at radius 3 is 2.26 bits per heavy atom. The minimum Gasteiger partial charge on any atom is -0.486 e. The van der Waals surface area contributed by atoms with Crippen molar-refractivity contribution in [1.29, 1.82) is 0 Å². The van der Waals surface area contributed by atoms with Gasteiger partial charge in [-0.1, -0.05) is 0 Å². The summed E-state index contributed by atoms with van der Waals surface area (Å²) in [6, 6.07) is 7.73. The molecule has 0 aromatic heterocycles. The zero-order valence-electron chi connectivity index (χ0n) is 16.5. The van der Waals surface area contributed by atoms with Gasteiger partial charge in [0.1, 0.15) is 18.8 Å². The predicted octanol–water partition coefficient (Wildman–Crippen LogP) is 2.17.